The van der Waals surface area contributed by atoms with Crippen LogP contribution >= 0.6 is 0 Å². The van der Waals surface area contributed by atoms with Crippen LogP contribution < -0.4 is 10.1 Å². The molecule has 148 valence electrons. The molecular weight excluding hydrogens is 350 g/mol. The summed E-state index contributed by atoms with van der Waals surface area (Å²) in [5, 5.41) is 4.45. The molecule has 3 aromatic rings. The number of ether oxygens (including phenoxy) is 1. The second-order valence-electron chi connectivity index (χ2n) is 7.27. The average Bonchev–Trinajstić information content (AvgIpc) is 3.12. The van der Waals surface area contributed by atoms with E-state index in [9.17, 15) is 4.79 Å². The number of para-hydroxylation sites is 2. The standard InChI is InChI=1S/C23H29N3O2/c1-17(2)24-15-23(27)26(16-19-8-4-7-11-22(19)28-3)13-12-18-14-25-21-10-6-5-9-20(18)21/h4-11,14,17,24-25H,12-13,15-16H2,1-3H3. The number of nitrogens with zero attached hydrogens (tertiary/aromatic N) is 1. The Kier molecular flexibility index (Phi) is 6.71. The highest BCUT2D eigenvalue weighted by atomic mass is 16.5. The summed E-state index contributed by atoms with van der Waals surface area (Å²) in [5.41, 5.74) is 3.37. The van der Waals surface area contributed by atoms with Crippen LogP contribution in [-0.2, 0) is 17.8 Å². The number of methoxy groups -OCH3 is 1. The molecular formula is C23H29N3O2. The van der Waals surface area contributed by atoms with Crippen molar-refractivity contribution in [2.75, 3.05) is 20.2 Å². The average molecular weight is 380 g/mol. The van der Waals surface area contributed by atoms with Gasteiger partial charge in [0.2, 0.25) is 5.91 Å². The maximum atomic E-state index is 12.9. The summed E-state index contributed by atoms with van der Waals surface area (Å²) in [7, 11) is 1.66. The maximum Gasteiger partial charge on any atom is 0.236 e. The first-order valence-electron chi connectivity index (χ1n) is 9.76. The molecule has 1 amide bonds. The van der Waals surface area contributed by atoms with Crippen LogP contribution in [0.1, 0.15) is 25.0 Å². The van der Waals surface area contributed by atoms with E-state index in [-0.39, 0.29) is 11.9 Å². The first-order chi connectivity index (χ1) is 13.6. The lowest BCUT2D eigenvalue weighted by molar-refractivity contribution is -0.131. The van der Waals surface area contributed by atoms with Crippen LogP contribution in [0, 0.1) is 0 Å². The van der Waals surface area contributed by atoms with E-state index < -0.39 is 0 Å². The zero-order valence-electron chi connectivity index (χ0n) is 16.9. The molecule has 0 fully saturated rings. The van der Waals surface area contributed by atoms with Crippen molar-refractivity contribution in [3.63, 3.8) is 0 Å². The zero-order chi connectivity index (χ0) is 19.9. The smallest absolute Gasteiger partial charge is 0.236 e. The number of carbonyl (C=O) groups is 1. The molecule has 5 heteroatoms. The highest BCUT2D eigenvalue weighted by Crippen LogP contribution is 2.21. The van der Waals surface area contributed by atoms with E-state index in [0.717, 1.165) is 23.3 Å². The number of H-pyrrole nitrogens is 1. The summed E-state index contributed by atoms with van der Waals surface area (Å²) < 4.78 is 5.47. The Labute approximate surface area is 166 Å². The molecule has 3 rings (SSSR count). The molecule has 1 aromatic heterocycles. The molecule has 0 spiro atoms. The molecule has 0 aliphatic carbocycles. The van der Waals surface area contributed by atoms with Gasteiger partial charge in [-0.15, -0.1) is 0 Å². The highest BCUT2D eigenvalue weighted by molar-refractivity contribution is 5.83. The van der Waals surface area contributed by atoms with Crippen LogP contribution in [0.15, 0.2) is 54.7 Å². The van der Waals surface area contributed by atoms with Crippen molar-refractivity contribution in [2.45, 2.75) is 32.9 Å². The molecule has 0 radical (unpaired) electrons. The van der Waals surface area contributed by atoms with E-state index in [0.29, 0.717) is 19.6 Å². The van der Waals surface area contributed by atoms with Crippen molar-refractivity contribution in [3.05, 3.63) is 65.9 Å². The molecule has 0 aliphatic heterocycles. The SMILES string of the molecule is COc1ccccc1CN(CCc1c[nH]c2ccccc12)C(=O)CNC(C)C. The van der Waals surface area contributed by atoms with Gasteiger partial charge in [0.05, 0.1) is 13.7 Å². The Hall–Kier alpha value is -2.79. The van der Waals surface area contributed by atoms with E-state index in [1.807, 2.05) is 61.3 Å². The van der Waals surface area contributed by atoms with Gasteiger partial charge in [-0.2, -0.15) is 0 Å². The number of carbonyl (C=O) groups excluding carboxylic acids is 1. The molecule has 1 heterocycles. The van der Waals surface area contributed by atoms with Gasteiger partial charge in [0.1, 0.15) is 5.75 Å². The number of aromatic nitrogens is 1. The number of benzene rings is 2. The molecule has 28 heavy (non-hydrogen) atoms. The topological polar surface area (TPSA) is 57.4 Å². The highest BCUT2D eigenvalue weighted by Gasteiger charge is 2.17. The minimum absolute atomic E-state index is 0.0967. The van der Waals surface area contributed by atoms with Gasteiger partial charge >= 0.3 is 0 Å². The third-order valence-corrected chi connectivity index (χ3v) is 4.89. The Morgan fingerprint density at radius 1 is 1.11 bits per heavy atom. The predicted molar refractivity (Wildman–Crippen MR) is 114 cm³/mol. The Bertz CT molecular complexity index is 917. The summed E-state index contributed by atoms with van der Waals surface area (Å²) >= 11 is 0. The third-order valence-electron chi connectivity index (χ3n) is 4.89. The first-order valence-corrected chi connectivity index (χ1v) is 9.76. The fourth-order valence-electron chi connectivity index (χ4n) is 3.33. The fraction of sp³-hybridized carbons (Fsp3) is 0.348. The Balaban J connectivity index is 1.76. The van der Waals surface area contributed by atoms with Crippen molar-refractivity contribution in [2.24, 2.45) is 0 Å². The molecule has 2 aromatic carbocycles. The van der Waals surface area contributed by atoms with Crippen LogP contribution in [0.2, 0.25) is 0 Å². The van der Waals surface area contributed by atoms with Crippen molar-refractivity contribution in [1.29, 1.82) is 0 Å². The van der Waals surface area contributed by atoms with Crippen molar-refractivity contribution >= 4 is 16.8 Å². The number of amides is 1. The predicted octanol–water partition coefficient (Wildman–Crippen LogP) is 3.75. The van der Waals surface area contributed by atoms with E-state index in [1.165, 1.54) is 10.9 Å². The number of hydrogen-bond donors (Lipinski definition) is 2. The van der Waals surface area contributed by atoms with Crippen molar-refractivity contribution < 1.29 is 9.53 Å². The van der Waals surface area contributed by atoms with Gasteiger partial charge in [-0.3, -0.25) is 4.79 Å². The molecule has 0 atom stereocenters. The number of nitrogens with one attached hydrogen (secondary N) is 2. The minimum Gasteiger partial charge on any atom is -0.496 e. The summed E-state index contributed by atoms with van der Waals surface area (Å²) in [6.07, 6.45) is 2.84. The van der Waals surface area contributed by atoms with Gasteiger partial charge < -0.3 is 19.9 Å². The van der Waals surface area contributed by atoms with E-state index in [2.05, 4.69) is 22.4 Å². The molecule has 0 aliphatic rings. The zero-order valence-corrected chi connectivity index (χ0v) is 16.9. The summed E-state index contributed by atoms with van der Waals surface area (Å²) in [4.78, 5) is 18.1. The summed E-state index contributed by atoms with van der Waals surface area (Å²) in [6.45, 7) is 5.61. The van der Waals surface area contributed by atoms with Crippen LogP contribution in [0.25, 0.3) is 10.9 Å². The van der Waals surface area contributed by atoms with E-state index in [1.54, 1.807) is 7.11 Å². The normalized spacial score (nSPS) is 11.1. The van der Waals surface area contributed by atoms with Crippen molar-refractivity contribution in [3.8, 4) is 5.75 Å². The molecule has 0 saturated carbocycles. The second kappa shape index (κ2) is 9.42. The minimum atomic E-state index is 0.0967. The monoisotopic (exact) mass is 379 g/mol. The van der Waals surface area contributed by atoms with Gasteiger partial charge in [-0.25, -0.2) is 0 Å². The lowest BCUT2D eigenvalue weighted by atomic mass is 10.1. The molecule has 5 nitrogen and oxygen atoms in total. The lowest BCUT2D eigenvalue weighted by Crippen LogP contribution is -2.40. The molecule has 0 bridgehead atoms. The van der Waals surface area contributed by atoms with E-state index in [4.69, 9.17) is 4.74 Å². The fourth-order valence-corrected chi connectivity index (χ4v) is 3.33. The van der Waals surface area contributed by atoms with Gasteiger partial charge in [-0.05, 0) is 24.1 Å². The largest absolute Gasteiger partial charge is 0.496 e. The molecule has 2 N–H and O–H groups in total. The van der Waals surface area contributed by atoms with Gasteiger partial charge in [-0.1, -0.05) is 50.2 Å². The number of hydrogen-bond acceptors (Lipinski definition) is 3. The van der Waals surface area contributed by atoms with Crippen LogP contribution in [0.5, 0.6) is 5.75 Å². The lowest BCUT2D eigenvalue weighted by Gasteiger charge is -2.24. The van der Waals surface area contributed by atoms with Crippen LogP contribution in [0.3, 0.4) is 0 Å². The van der Waals surface area contributed by atoms with Crippen LogP contribution in [-0.4, -0.2) is 42.0 Å². The quantitative estimate of drug-likeness (QED) is 0.595. The maximum absolute atomic E-state index is 12.9. The molecule has 0 saturated heterocycles. The van der Waals surface area contributed by atoms with Gasteiger partial charge in [0, 0.05) is 41.8 Å². The number of aromatic amines is 1. The Morgan fingerprint density at radius 3 is 2.64 bits per heavy atom. The van der Waals surface area contributed by atoms with Gasteiger partial charge in [0.25, 0.3) is 0 Å². The second-order valence-corrected chi connectivity index (χ2v) is 7.27. The summed E-state index contributed by atoms with van der Waals surface area (Å²) in [6, 6.07) is 16.4. The number of fused-ring (bicyclic) bond motifs is 1. The number of rotatable bonds is 9. The Morgan fingerprint density at radius 2 is 1.86 bits per heavy atom. The van der Waals surface area contributed by atoms with E-state index >= 15 is 0 Å². The molecule has 0 unspecified atom stereocenters. The van der Waals surface area contributed by atoms with Gasteiger partial charge in [0.15, 0.2) is 0 Å². The van der Waals surface area contributed by atoms with Crippen molar-refractivity contribution in [1.82, 2.24) is 15.2 Å². The first kappa shape index (κ1) is 20.0. The van der Waals surface area contributed by atoms with Crippen LogP contribution in [0.4, 0.5) is 0 Å². The summed E-state index contributed by atoms with van der Waals surface area (Å²) in [5.74, 6) is 0.906. The third kappa shape index (κ3) is 4.93.